The first-order valence-electron chi connectivity index (χ1n) is 13.8. The van der Waals surface area contributed by atoms with Gasteiger partial charge >= 0.3 is 0 Å². The van der Waals surface area contributed by atoms with Crippen molar-refractivity contribution in [1.82, 2.24) is 0 Å². The maximum absolute atomic E-state index is 12.6. The van der Waals surface area contributed by atoms with Crippen molar-refractivity contribution in [1.29, 1.82) is 0 Å². The summed E-state index contributed by atoms with van der Waals surface area (Å²) in [6.45, 7) is 3.84. The minimum atomic E-state index is -0.109. The van der Waals surface area contributed by atoms with E-state index in [9.17, 15) is 4.79 Å². The summed E-state index contributed by atoms with van der Waals surface area (Å²) in [5, 5.41) is 5.03. The standard InChI is InChI=1S/C31H42N2O2S.BrH/c1-2-3-4-5-6-7-8-9-10-11-12-13-23-35-30-20-16-28(17-21-30)31(34)32-29-18-14-27(15-19-29)25-33-22-24-36-26-33;/h14-22,24,26H,2-13,23,25H2,1H3;1H. The van der Waals surface area contributed by atoms with Gasteiger partial charge in [0.05, 0.1) is 12.0 Å². The molecule has 37 heavy (non-hydrogen) atoms. The Balaban J connectivity index is 0.00000481. The summed E-state index contributed by atoms with van der Waals surface area (Å²) in [6, 6.07) is 15.4. The van der Waals surface area contributed by atoms with Crippen molar-refractivity contribution in [2.45, 2.75) is 90.5 Å². The van der Waals surface area contributed by atoms with Crippen LogP contribution in [0.3, 0.4) is 0 Å². The van der Waals surface area contributed by atoms with Crippen molar-refractivity contribution in [3.8, 4) is 5.75 Å². The molecule has 1 heterocycles. The molecule has 0 saturated heterocycles. The van der Waals surface area contributed by atoms with Crippen molar-refractivity contribution < 1.29 is 31.1 Å². The number of amides is 1. The topological polar surface area (TPSA) is 42.2 Å². The van der Waals surface area contributed by atoms with Crippen molar-refractivity contribution in [2.24, 2.45) is 0 Å². The first-order valence-corrected chi connectivity index (χ1v) is 14.7. The highest BCUT2D eigenvalue weighted by Crippen LogP contribution is 2.16. The van der Waals surface area contributed by atoms with E-state index < -0.39 is 0 Å². The minimum Gasteiger partial charge on any atom is -1.00 e. The Kier molecular flexibility index (Phi) is 15.9. The fourth-order valence-electron chi connectivity index (χ4n) is 4.29. The molecule has 0 aliphatic heterocycles. The van der Waals surface area contributed by atoms with Gasteiger partial charge in [-0.25, -0.2) is 0 Å². The summed E-state index contributed by atoms with van der Waals surface area (Å²) in [7, 11) is 0. The molecule has 6 heteroatoms. The highest BCUT2D eigenvalue weighted by molar-refractivity contribution is 7.07. The van der Waals surface area contributed by atoms with Crippen LogP contribution in [0.1, 0.15) is 99.9 Å². The molecule has 1 aromatic heterocycles. The number of nitrogens with one attached hydrogen (secondary N) is 1. The fraction of sp³-hybridized carbons (Fsp3) is 0.484. The number of carbonyl (C=O) groups is 1. The van der Waals surface area contributed by atoms with Crippen molar-refractivity contribution >= 4 is 22.9 Å². The molecule has 202 valence electrons. The number of ether oxygens (including phenoxy) is 1. The molecule has 0 aliphatic rings. The van der Waals surface area contributed by atoms with Crippen LogP contribution >= 0.6 is 11.3 Å². The Labute approximate surface area is 238 Å². The van der Waals surface area contributed by atoms with E-state index >= 15 is 0 Å². The number of nitrogens with zero attached hydrogens (tertiary/aromatic N) is 1. The van der Waals surface area contributed by atoms with Crippen molar-refractivity contribution in [2.75, 3.05) is 11.9 Å². The molecule has 0 spiro atoms. The van der Waals surface area contributed by atoms with Gasteiger partial charge < -0.3 is 27.0 Å². The summed E-state index contributed by atoms with van der Waals surface area (Å²) in [5.41, 5.74) is 4.71. The maximum atomic E-state index is 12.6. The number of rotatable bonds is 18. The number of halogens is 1. The van der Waals surface area contributed by atoms with Crippen LogP contribution in [0.2, 0.25) is 0 Å². The van der Waals surface area contributed by atoms with Gasteiger partial charge in [0.2, 0.25) is 5.51 Å². The lowest BCUT2D eigenvalue weighted by molar-refractivity contribution is -0.683. The number of carbonyl (C=O) groups excluding carboxylic acids is 1. The normalized spacial score (nSPS) is 10.6. The summed E-state index contributed by atoms with van der Waals surface area (Å²) >= 11 is 1.68. The van der Waals surface area contributed by atoms with E-state index in [4.69, 9.17) is 4.74 Å². The monoisotopic (exact) mass is 586 g/mol. The second-order valence-corrected chi connectivity index (χ2v) is 10.4. The third-order valence-electron chi connectivity index (χ3n) is 6.49. The Bertz CT molecular complexity index is 975. The number of aromatic nitrogens is 1. The summed E-state index contributed by atoms with van der Waals surface area (Å²) < 4.78 is 8.01. The lowest BCUT2D eigenvalue weighted by Crippen LogP contribution is -3.00. The molecule has 4 nitrogen and oxygen atoms in total. The Hall–Kier alpha value is -2.18. The summed E-state index contributed by atoms with van der Waals surface area (Å²) in [6.07, 6.45) is 18.1. The number of unbranched alkanes of at least 4 members (excludes halogenated alkanes) is 11. The first-order chi connectivity index (χ1) is 17.7. The number of hydrogen-bond donors (Lipinski definition) is 1. The molecule has 0 bridgehead atoms. The SMILES string of the molecule is CCCCCCCCCCCCCCOc1ccc(C(=O)Nc2ccc(C[n+]3ccsc3)cc2)cc1.[Br-]. The summed E-state index contributed by atoms with van der Waals surface area (Å²) in [4.78, 5) is 12.6. The predicted octanol–water partition coefficient (Wildman–Crippen LogP) is 5.42. The average molecular weight is 588 g/mol. The zero-order valence-electron chi connectivity index (χ0n) is 22.3. The van der Waals surface area contributed by atoms with E-state index in [2.05, 4.69) is 33.9 Å². The second-order valence-electron chi connectivity index (χ2n) is 9.61. The molecule has 1 N–H and O–H groups in total. The van der Waals surface area contributed by atoms with Crippen LogP contribution in [-0.4, -0.2) is 12.5 Å². The molecule has 2 aromatic carbocycles. The molecule has 0 fully saturated rings. The van der Waals surface area contributed by atoms with Crippen LogP contribution in [0.4, 0.5) is 5.69 Å². The Morgan fingerprint density at radius 2 is 1.41 bits per heavy atom. The molecular formula is C31H43BrN2O2S. The Morgan fingerprint density at radius 3 is 1.97 bits per heavy atom. The smallest absolute Gasteiger partial charge is 0.255 e. The van der Waals surface area contributed by atoms with Crippen LogP contribution in [-0.2, 0) is 6.54 Å². The van der Waals surface area contributed by atoms with Gasteiger partial charge in [-0.3, -0.25) is 4.79 Å². The van der Waals surface area contributed by atoms with Crippen LogP contribution in [0.25, 0.3) is 0 Å². The molecule has 0 unspecified atom stereocenters. The quantitative estimate of drug-likeness (QED) is 0.160. The van der Waals surface area contributed by atoms with Crippen LogP contribution in [0.15, 0.2) is 65.6 Å². The van der Waals surface area contributed by atoms with E-state index in [0.717, 1.165) is 31.0 Å². The third kappa shape index (κ3) is 12.8. The fourth-order valence-corrected chi connectivity index (χ4v) is 4.89. The van der Waals surface area contributed by atoms with E-state index in [1.54, 1.807) is 11.3 Å². The number of hydrogen-bond acceptors (Lipinski definition) is 3. The molecule has 3 aromatic rings. The molecule has 1 amide bonds. The third-order valence-corrected chi connectivity index (χ3v) is 7.16. The second kappa shape index (κ2) is 19.0. The van der Waals surface area contributed by atoms with E-state index in [-0.39, 0.29) is 22.9 Å². The molecule has 0 saturated carbocycles. The molecule has 0 radical (unpaired) electrons. The number of thiazole rings is 1. The van der Waals surface area contributed by atoms with Gasteiger partial charge in [-0.2, -0.15) is 4.57 Å². The lowest BCUT2D eigenvalue weighted by Gasteiger charge is -2.08. The van der Waals surface area contributed by atoms with Gasteiger partial charge in [-0.1, -0.05) is 101 Å². The van der Waals surface area contributed by atoms with Crippen LogP contribution < -0.4 is 31.6 Å². The van der Waals surface area contributed by atoms with E-state index in [1.807, 2.05) is 48.5 Å². The van der Waals surface area contributed by atoms with Crippen molar-refractivity contribution in [3.63, 3.8) is 0 Å². The summed E-state index contributed by atoms with van der Waals surface area (Å²) in [5.74, 6) is 0.715. The highest BCUT2D eigenvalue weighted by atomic mass is 79.9. The Morgan fingerprint density at radius 1 is 0.811 bits per heavy atom. The number of benzene rings is 2. The van der Waals surface area contributed by atoms with Crippen LogP contribution in [0, 0.1) is 0 Å². The van der Waals surface area contributed by atoms with Gasteiger partial charge in [0, 0.05) is 16.8 Å². The lowest BCUT2D eigenvalue weighted by atomic mass is 10.1. The van der Waals surface area contributed by atoms with Crippen molar-refractivity contribution in [3.05, 3.63) is 76.7 Å². The highest BCUT2D eigenvalue weighted by Gasteiger charge is 2.08. The van der Waals surface area contributed by atoms with Gasteiger partial charge in [-0.05, 0) is 42.8 Å². The zero-order valence-corrected chi connectivity index (χ0v) is 24.7. The van der Waals surface area contributed by atoms with E-state index in [1.165, 1.54) is 76.2 Å². The van der Waals surface area contributed by atoms with Gasteiger partial charge in [0.1, 0.15) is 5.75 Å². The average Bonchev–Trinajstić information content (AvgIpc) is 3.41. The first kappa shape index (κ1) is 31.0. The molecule has 0 atom stereocenters. The molecular weight excluding hydrogens is 544 g/mol. The minimum absolute atomic E-state index is 0. The van der Waals surface area contributed by atoms with Gasteiger partial charge in [0.25, 0.3) is 5.91 Å². The maximum Gasteiger partial charge on any atom is 0.255 e. The molecule has 0 aliphatic carbocycles. The van der Waals surface area contributed by atoms with E-state index in [0.29, 0.717) is 5.56 Å². The largest absolute Gasteiger partial charge is 1.00 e. The zero-order chi connectivity index (χ0) is 25.3. The van der Waals surface area contributed by atoms with Gasteiger partial charge in [0.15, 0.2) is 12.7 Å². The number of anilines is 1. The molecule has 3 rings (SSSR count). The van der Waals surface area contributed by atoms with Crippen LogP contribution in [0.5, 0.6) is 5.75 Å². The predicted molar refractivity (Wildman–Crippen MR) is 151 cm³/mol. The van der Waals surface area contributed by atoms with Gasteiger partial charge in [-0.15, -0.1) is 0 Å².